The molecule has 0 aliphatic rings. The standard InChI is InChI=1S/C10H4F6O3/c11-9(12,13)7(17)6(8(18)10(14,15)16)4-5-2-1-3-19-5/h1-4H. The first-order valence-corrected chi connectivity index (χ1v) is 4.51. The van der Waals surface area contributed by atoms with E-state index in [1.54, 1.807) is 0 Å². The molecule has 0 aliphatic carbocycles. The number of allylic oxidation sites excluding steroid dienone is 1. The second-order valence-corrected chi connectivity index (χ2v) is 3.23. The minimum absolute atomic E-state index is 0.103. The molecule has 0 aromatic carbocycles. The number of carbonyl (C=O) groups is 2. The smallest absolute Gasteiger partial charge is 0.455 e. The van der Waals surface area contributed by atoms with E-state index in [1.807, 2.05) is 0 Å². The lowest BCUT2D eigenvalue weighted by Gasteiger charge is -2.10. The van der Waals surface area contributed by atoms with Gasteiger partial charge in [-0.3, -0.25) is 9.59 Å². The van der Waals surface area contributed by atoms with Crippen molar-refractivity contribution >= 4 is 17.6 Å². The lowest BCUT2D eigenvalue weighted by Crippen LogP contribution is -2.34. The van der Waals surface area contributed by atoms with Crippen LogP contribution < -0.4 is 0 Å². The second-order valence-electron chi connectivity index (χ2n) is 3.23. The maximum absolute atomic E-state index is 12.1. The van der Waals surface area contributed by atoms with Crippen molar-refractivity contribution in [1.82, 2.24) is 0 Å². The van der Waals surface area contributed by atoms with Crippen LogP contribution in [0, 0.1) is 0 Å². The predicted molar refractivity (Wildman–Crippen MR) is 48.8 cm³/mol. The SMILES string of the molecule is O=C(C(=Cc1ccco1)C(=O)C(F)(F)F)C(F)(F)F. The molecule has 1 aromatic rings. The molecule has 1 rings (SSSR count). The summed E-state index contributed by atoms with van der Waals surface area (Å²) in [6.07, 6.45) is -10.1. The number of carbonyl (C=O) groups excluding carboxylic acids is 2. The van der Waals surface area contributed by atoms with E-state index in [0.29, 0.717) is 0 Å². The van der Waals surface area contributed by atoms with Crippen molar-refractivity contribution in [2.45, 2.75) is 12.4 Å². The molecule has 104 valence electrons. The van der Waals surface area contributed by atoms with Crippen molar-refractivity contribution in [2.24, 2.45) is 0 Å². The highest BCUT2D eigenvalue weighted by atomic mass is 19.4. The Morgan fingerprint density at radius 2 is 1.47 bits per heavy atom. The molecule has 1 heterocycles. The van der Waals surface area contributed by atoms with Gasteiger partial charge in [-0.05, 0) is 18.2 Å². The van der Waals surface area contributed by atoms with Crippen LogP contribution in [-0.4, -0.2) is 23.9 Å². The summed E-state index contributed by atoms with van der Waals surface area (Å²) in [7, 11) is 0. The van der Waals surface area contributed by atoms with Crippen molar-refractivity contribution in [2.75, 3.05) is 0 Å². The molecule has 0 atom stereocenters. The molecule has 0 N–H and O–H groups in total. The summed E-state index contributed by atoms with van der Waals surface area (Å²) >= 11 is 0. The predicted octanol–water partition coefficient (Wildman–Crippen LogP) is 2.93. The van der Waals surface area contributed by atoms with Crippen molar-refractivity contribution < 1.29 is 40.3 Å². The summed E-state index contributed by atoms with van der Waals surface area (Å²) in [5.41, 5.74) is -2.05. The van der Waals surface area contributed by atoms with Crippen LogP contribution in [0.15, 0.2) is 28.4 Å². The maximum Gasteiger partial charge on any atom is 0.455 e. The van der Waals surface area contributed by atoms with Gasteiger partial charge >= 0.3 is 12.4 Å². The number of hydrogen-bond donors (Lipinski definition) is 0. The molecule has 0 saturated heterocycles. The van der Waals surface area contributed by atoms with E-state index in [2.05, 4.69) is 4.42 Å². The van der Waals surface area contributed by atoms with E-state index >= 15 is 0 Å². The molecule has 0 fully saturated rings. The zero-order valence-corrected chi connectivity index (χ0v) is 8.80. The van der Waals surface area contributed by atoms with Gasteiger partial charge in [-0.1, -0.05) is 0 Å². The minimum Gasteiger partial charge on any atom is -0.465 e. The van der Waals surface area contributed by atoms with E-state index in [1.165, 1.54) is 6.07 Å². The van der Waals surface area contributed by atoms with E-state index in [0.717, 1.165) is 12.3 Å². The van der Waals surface area contributed by atoms with Crippen molar-refractivity contribution in [1.29, 1.82) is 0 Å². The zero-order chi connectivity index (χ0) is 14.8. The van der Waals surface area contributed by atoms with Crippen LogP contribution in [0.4, 0.5) is 26.3 Å². The molecule has 0 saturated carbocycles. The van der Waals surface area contributed by atoms with Crippen molar-refractivity contribution in [3.63, 3.8) is 0 Å². The van der Waals surface area contributed by atoms with E-state index in [4.69, 9.17) is 0 Å². The van der Waals surface area contributed by atoms with Gasteiger partial charge in [-0.25, -0.2) is 0 Å². The van der Waals surface area contributed by atoms with Gasteiger partial charge in [0.15, 0.2) is 0 Å². The van der Waals surface area contributed by atoms with Crippen molar-refractivity contribution in [3.05, 3.63) is 29.7 Å². The number of furan rings is 1. The van der Waals surface area contributed by atoms with Gasteiger partial charge in [-0.15, -0.1) is 0 Å². The topological polar surface area (TPSA) is 47.3 Å². The number of alkyl halides is 6. The summed E-state index contributed by atoms with van der Waals surface area (Å²) in [6, 6.07) is 2.16. The molecule has 3 nitrogen and oxygen atoms in total. The van der Waals surface area contributed by atoms with E-state index in [9.17, 15) is 35.9 Å². The molecule has 0 radical (unpaired) electrons. The lowest BCUT2D eigenvalue weighted by atomic mass is 10.0. The molecule has 19 heavy (non-hydrogen) atoms. The van der Waals surface area contributed by atoms with E-state index in [-0.39, 0.29) is 6.08 Å². The van der Waals surface area contributed by atoms with Crippen LogP contribution in [-0.2, 0) is 9.59 Å². The van der Waals surface area contributed by atoms with Crippen LogP contribution >= 0.6 is 0 Å². The molecule has 9 heteroatoms. The van der Waals surface area contributed by atoms with Crippen LogP contribution in [0.5, 0.6) is 0 Å². The van der Waals surface area contributed by atoms with Gasteiger partial charge in [0.05, 0.1) is 11.8 Å². The Morgan fingerprint density at radius 1 is 1.00 bits per heavy atom. The highest BCUT2D eigenvalue weighted by molar-refractivity contribution is 6.26. The minimum atomic E-state index is -5.60. The fourth-order valence-electron chi connectivity index (χ4n) is 1.06. The van der Waals surface area contributed by atoms with Crippen LogP contribution in [0.1, 0.15) is 5.76 Å². The molecule has 0 amide bonds. The highest BCUT2D eigenvalue weighted by Gasteiger charge is 2.50. The lowest BCUT2D eigenvalue weighted by molar-refractivity contribution is -0.175. The second kappa shape index (κ2) is 4.90. The summed E-state index contributed by atoms with van der Waals surface area (Å²) in [6.45, 7) is 0. The van der Waals surface area contributed by atoms with Crippen LogP contribution in [0.25, 0.3) is 6.08 Å². The van der Waals surface area contributed by atoms with Gasteiger partial charge in [0.2, 0.25) is 0 Å². The Hall–Kier alpha value is -2.06. The third-order valence-corrected chi connectivity index (χ3v) is 1.83. The Morgan fingerprint density at radius 3 is 1.79 bits per heavy atom. The Bertz CT molecular complexity index is 478. The molecule has 0 aliphatic heterocycles. The number of hydrogen-bond acceptors (Lipinski definition) is 3. The first-order valence-electron chi connectivity index (χ1n) is 4.51. The average Bonchev–Trinajstić information content (AvgIpc) is 2.74. The normalized spacial score (nSPS) is 12.1. The fourth-order valence-corrected chi connectivity index (χ4v) is 1.06. The van der Waals surface area contributed by atoms with Crippen molar-refractivity contribution in [3.8, 4) is 0 Å². The van der Waals surface area contributed by atoms with Gasteiger partial charge in [-0.2, -0.15) is 26.3 Å². The van der Waals surface area contributed by atoms with Crippen LogP contribution in [0.2, 0.25) is 0 Å². The number of halogens is 6. The maximum atomic E-state index is 12.1. The fraction of sp³-hybridized carbons (Fsp3) is 0.200. The first-order chi connectivity index (χ1) is 8.53. The highest BCUT2D eigenvalue weighted by Crippen LogP contribution is 2.28. The van der Waals surface area contributed by atoms with Crippen LogP contribution in [0.3, 0.4) is 0 Å². The molecule has 0 bridgehead atoms. The summed E-state index contributed by atoms with van der Waals surface area (Å²) in [5.74, 6) is -6.25. The van der Waals surface area contributed by atoms with Gasteiger partial charge in [0.25, 0.3) is 11.6 Å². The van der Waals surface area contributed by atoms with Gasteiger partial charge in [0, 0.05) is 0 Å². The van der Waals surface area contributed by atoms with Gasteiger partial charge in [0.1, 0.15) is 5.76 Å². The summed E-state index contributed by atoms with van der Waals surface area (Å²) in [4.78, 5) is 21.6. The number of ketones is 2. The number of Topliss-reactive ketones (excluding diaryl/α,β-unsaturated/α-hetero) is 2. The third kappa shape index (κ3) is 3.70. The zero-order valence-electron chi connectivity index (χ0n) is 8.80. The molecule has 1 aromatic heterocycles. The third-order valence-electron chi connectivity index (χ3n) is 1.83. The first kappa shape index (κ1) is 15.0. The molecule has 0 unspecified atom stereocenters. The van der Waals surface area contributed by atoms with E-state index < -0.39 is 35.3 Å². The Kier molecular flexibility index (Phi) is 3.87. The average molecular weight is 286 g/mol. The largest absolute Gasteiger partial charge is 0.465 e. The molecular weight excluding hydrogens is 282 g/mol. The molecular formula is C10H4F6O3. The Balaban J connectivity index is 3.28. The quantitative estimate of drug-likeness (QED) is 0.371. The van der Waals surface area contributed by atoms with Gasteiger partial charge < -0.3 is 4.42 Å². The summed E-state index contributed by atoms with van der Waals surface area (Å²) in [5, 5.41) is 0. The monoisotopic (exact) mass is 286 g/mol. The number of rotatable bonds is 3. The Labute approximate surface area is 101 Å². The molecule has 0 spiro atoms. The summed E-state index contributed by atoms with van der Waals surface area (Å²) < 4.78 is 77.3.